The van der Waals surface area contributed by atoms with Gasteiger partial charge >= 0.3 is 25.7 Å². The monoisotopic (exact) mass is 531 g/mol. The Balaban J connectivity index is 4.88. The van der Waals surface area contributed by atoms with Crippen molar-refractivity contribution in [1.82, 2.24) is 0 Å². The van der Waals surface area contributed by atoms with Gasteiger partial charge in [-0.1, -0.05) is 62.5 Å². The van der Waals surface area contributed by atoms with Crippen molar-refractivity contribution in [3.05, 3.63) is 48.6 Å². The number of phosphoric ester groups is 1. The van der Waals surface area contributed by atoms with Gasteiger partial charge in [-0.05, 0) is 25.7 Å². The number of rotatable bonds is 20. The quantitative estimate of drug-likeness (QED) is 0.119. The summed E-state index contributed by atoms with van der Waals surface area (Å²) in [6.45, 7) is 2.17. The number of carbonyl (C=O) groups excluding carboxylic acids is 2. The highest BCUT2D eigenvalue weighted by molar-refractivity contribution is 7.47. The highest BCUT2D eigenvalue weighted by Gasteiger charge is 2.27. The Kier molecular flexibility index (Phi) is 19.1. The third kappa shape index (κ3) is 19.7. The minimum Gasteiger partial charge on any atom is -0.480 e. The van der Waals surface area contributed by atoms with Crippen molar-refractivity contribution in [3.63, 3.8) is 0 Å². The van der Waals surface area contributed by atoms with Crippen molar-refractivity contribution in [3.8, 4) is 0 Å². The van der Waals surface area contributed by atoms with Crippen molar-refractivity contribution in [2.45, 2.75) is 64.5 Å². The molecule has 0 amide bonds. The van der Waals surface area contributed by atoms with Crippen molar-refractivity contribution in [2.75, 3.05) is 19.8 Å². The van der Waals surface area contributed by atoms with Crippen LogP contribution in [-0.2, 0) is 37.5 Å². The van der Waals surface area contributed by atoms with Crippen molar-refractivity contribution >= 4 is 25.7 Å². The second-order valence-electron chi connectivity index (χ2n) is 7.38. The van der Waals surface area contributed by atoms with Gasteiger partial charge in [0.05, 0.1) is 26.1 Å². The molecule has 0 aliphatic rings. The van der Waals surface area contributed by atoms with E-state index in [0.717, 1.165) is 12.8 Å². The topological polar surface area (TPSA) is 172 Å². The van der Waals surface area contributed by atoms with E-state index in [-0.39, 0.29) is 12.8 Å². The molecule has 0 radical (unpaired) electrons. The number of hydrogen-bond donors (Lipinski definition) is 3. The molecule has 36 heavy (non-hydrogen) atoms. The van der Waals surface area contributed by atoms with Gasteiger partial charge in [0, 0.05) is 0 Å². The zero-order chi connectivity index (χ0) is 27.2. The van der Waals surface area contributed by atoms with Crippen LogP contribution in [0.2, 0.25) is 0 Å². The van der Waals surface area contributed by atoms with Crippen LogP contribution in [0.4, 0.5) is 0 Å². The average molecular weight is 532 g/mol. The van der Waals surface area contributed by atoms with Crippen LogP contribution in [0.5, 0.6) is 0 Å². The maximum absolute atomic E-state index is 12.1. The van der Waals surface area contributed by atoms with Gasteiger partial charge in [-0.2, -0.15) is 0 Å². The van der Waals surface area contributed by atoms with Gasteiger partial charge in [0.1, 0.15) is 12.6 Å². The van der Waals surface area contributed by atoms with E-state index in [0.29, 0.717) is 12.8 Å². The van der Waals surface area contributed by atoms with E-state index in [1.165, 1.54) is 0 Å². The molecule has 0 heterocycles. The molecule has 3 unspecified atom stereocenters. The molecule has 0 aromatic heterocycles. The van der Waals surface area contributed by atoms with Gasteiger partial charge in [-0.3, -0.25) is 23.4 Å². The molecule has 0 aromatic rings. The van der Waals surface area contributed by atoms with Gasteiger partial charge in [0.2, 0.25) is 0 Å². The molecule has 0 rings (SSSR count). The molecule has 0 saturated carbocycles. The van der Waals surface area contributed by atoms with E-state index < -0.39 is 57.7 Å². The Morgan fingerprint density at radius 3 is 1.83 bits per heavy atom. The minimum atomic E-state index is -4.71. The second-order valence-corrected chi connectivity index (χ2v) is 8.83. The Morgan fingerprint density at radius 1 is 0.806 bits per heavy atom. The molecule has 0 spiro atoms. The number of carboxylic acids is 1. The molecular formula is C24H38NO10P. The lowest BCUT2D eigenvalue weighted by Crippen LogP contribution is -2.34. The number of hydrogen-bond acceptors (Lipinski definition) is 9. The third-order valence-corrected chi connectivity index (χ3v) is 5.09. The molecule has 0 aliphatic carbocycles. The largest absolute Gasteiger partial charge is 0.480 e. The van der Waals surface area contributed by atoms with Gasteiger partial charge in [-0.25, -0.2) is 4.57 Å². The first-order chi connectivity index (χ1) is 17.1. The summed E-state index contributed by atoms with van der Waals surface area (Å²) in [5, 5.41) is 8.72. The molecule has 0 bridgehead atoms. The van der Waals surface area contributed by atoms with Crippen LogP contribution in [0.25, 0.3) is 0 Å². The lowest BCUT2D eigenvalue weighted by molar-refractivity contribution is -0.160. The molecule has 0 fully saturated rings. The summed E-state index contributed by atoms with van der Waals surface area (Å²) in [6.07, 6.45) is 16.6. The fraction of sp³-hybridized carbons (Fsp3) is 0.542. The molecule has 11 nitrogen and oxygen atoms in total. The Labute approximate surface area is 212 Å². The summed E-state index contributed by atoms with van der Waals surface area (Å²) in [5.74, 6) is -2.69. The number of carbonyl (C=O) groups is 3. The Morgan fingerprint density at radius 2 is 1.31 bits per heavy atom. The van der Waals surface area contributed by atoms with E-state index in [1.807, 2.05) is 38.2 Å². The maximum Gasteiger partial charge on any atom is 0.472 e. The van der Waals surface area contributed by atoms with Crippen LogP contribution in [-0.4, -0.2) is 59.9 Å². The van der Waals surface area contributed by atoms with Crippen LogP contribution >= 0.6 is 7.82 Å². The lowest BCUT2D eigenvalue weighted by Gasteiger charge is -2.20. The first-order valence-electron chi connectivity index (χ1n) is 11.7. The number of carboxylic acid groups (broad SMARTS) is 1. The molecular weight excluding hydrogens is 493 g/mol. The minimum absolute atomic E-state index is 0.00974. The zero-order valence-electron chi connectivity index (χ0n) is 20.8. The number of allylic oxidation sites excluding steroid dienone is 6. The first kappa shape index (κ1) is 33.4. The Bertz CT molecular complexity index is 822. The lowest BCUT2D eigenvalue weighted by atomic mass is 10.3. The van der Waals surface area contributed by atoms with Gasteiger partial charge in [0.15, 0.2) is 6.10 Å². The van der Waals surface area contributed by atoms with E-state index in [9.17, 15) is 23.8 Å². The summed E-state index contributed by atoms with van der Waals surface area (Å²) in [4.78, 5) is 44.6. The van der Waals surface area contributed by atoms with Crippen molar-refractivity contribution in [1.29, 1.82) is 0 Å². The summed E-state index contributed by atoms with van der Waals surface area (Å²) < 4.78 is 31.6. The van der Waals surface area contributed by atoms with Crippen LogP contribution in [0, 0.1) is 0 Å². The molecule has 4 N–H and O–H groups in total. The van der Waals surface area contributed by atoms with Gasteiger partial charge in [0.25, 0.3) is 0 Å². The summed E-state index contributed by atoms with van der Waals surface area (Å²) in [5.41, 5.74) is 5.23. The van der Waals surface area contributed by atoms with Crippen molar-refractivity contribution in [2.24, 2.45) is 5.73 Å². The summed E-state index contributed by atoms with van der Waals surface area (Å²) >= 11 is 0. The second kappa shape index (κ2) is 20.6. The fourth-order valence-electron chi connectivity index (χ4n) is 2.29. The SMILES string of the molecule is CCC=CCC=CCC(=O)OCC(COP(=O)(O)OCC(N)C(=O)O)OC(=O)CC=CCC=CCC. The van der Waals surface area contributed by atoms with Crippen LogP contribution in [0.15, 0.2) is 48.6 Å². The van der Waals surface area contributed by atoms with E-state index in [1.54, 1.807) is 24.3 Å². The molecule has 3 atom stereocenters. The van der Waals surface area contributed by atoms with Crippen LogP contribution < -0.4 is 5.73 Å². The fourth-order valence-corrected chi connectivity index (χ4v) is 3.07. The van der Waals surface area contributed by atoms with Gasteiger partial charge < -0.3 is 25.2 Å². The van der Waals surface area contributed by atoms with E-state index >= 15 is 0 Å². The predicted octanol–water partition coefficient (Wildman–Crippen LogP) is 3.59. The van der Waals surface area contributed by atoms with Crippen LogP contribution in [0.1, 0.15) is 52.4 Å². The average Bonchev–Trinajstić information content (AvgIpc) is 2.83. The molecule has 204 valence electrons. The number of aliphatic carboxylic acids is 1. The molecule has 12 heteroatoms. The third-order valence-electron chi connectivity index (χ3n) is 4.14. The standard InChI is InChI=1S/C24H38NO10P/c1-3-5-7-9-11-13-15-22(26)32-17-20(35-23(27)16-14-12-10-8-6-4-2)18-33-36(30,31)34-19-21(25)24(28)29/h5-8,11-14,20-21H,3-4,9-10,15-19,25H2,1-2H3,(H,28,29)(H,30,31). The van der Waals surface area contributed by atoms with Crippen molar-refractivity contribution < 1.29 is 47.5 Å². The number of nitrogens with two attached hydrogens (primary N) is 1. The molecule has 0 aromatic carbocycles. The molecule has 0 saturated heterocycles. The normalized spacial score (nSPS) is 15.4. The predicted molar refractivity (Wildman–Crippen MR) is 134 cm³/mol. The Hall–Kier alpha value is -2.56. The van der Waals surface area contributed by atoms with E-state index in [4.69, 9.17) is 24.8 Å². The number of ether oxygens (including phenoxy) is 2. The first-order valence-corrected chi connectivity index (χ1v) is 13.2. The number of phosphoric acid groups is 1. The van der Waals surface area contributed by atoms with E-state index in [2.05, 4.69) is 4.52 Å². The number of esters is 2. The highest BCUT2D eigenvalue weighted by Crippen LogP contribution is 2.43. The smallest absolute Gasteiger partial charge is 0.472 e. The zero-order valence-corrected chi connectivity index (χ0v) is 21.7. The maximum atomic E-state index is 12.1. The van der Waals surface area contributed by atoms with Gasteiger partial charge in [-0.15, -0.1) is 0 Å². The molecule has 0 aliphatic heterocycles. The highest BCUT2D eigenvalue weighted by atomic mass is 31.2. The van der Waals surface area contributed by atoms with Crippen LogP contribution in [0.3, 0.4) is 0 Å². The summed E-state index contributed by atoms with van der Waals surface area (Å²) in [6, 6.07) is -1.53. The summed E-state index contributed by atoms with van der Waals surface area (Å²) in [7, 11) is -4.71.